The number of nitrogens with zero attached hydrogens (tertiary/aromatic N) is 3. The number of nitrogen functional groups attached to an aromatic ring is 1. The quantitative estimate of drug-likeness (QED) is 0.871. The van der Waals surface area contributed by atoms with Crippen molar-refractivity contribution in [1.82, 2.24) is 14.8 Å². The van der Waals surface area contributed by atoms with Gasteiger partial charge in [0.1, 0.15) is 18.2 Å². The highest BCUT2D eigenvalue weighted by Crippen LogP contribution is 2.25. The summed E-state index contributed by atoms with van der Waals surface area (Å²) in [4.78, 5) is 0. The van der Waals surface area contributed by atoms with Gasteiger partial charge in [0.2, 0.25) is 0 Å². The van der Waals surface area contributed by atoms with E-state index in [0.29, 0.717) is 6.61 Å². The van der Waals surface area contributed by atoms with Crippen LogP contribution in [0.3, 0.4) is 0 Å². The van der Waals surface area contributed by atoms with Gasteiger partial charge in [-0.2, -0.15) is 0 Å². The standard InChI is InChI=1S/C15H20N4O/c1-10-8-13(11(2)7-12(10)16)20-9-15-18-17-14-5-3-4-6-19(14)15/h7-8H,3-6,9,16H2,1-2H3. The summed E-state index contributed by atoms with van der Waals surface area (Å²) in [6, 6.07) is 3.93. The topological polar surface area (TPSA) is 66.0 Å². The molecule has 1 aliphatic heterocycles. The second-order valence-corrected chi connectivity index (χ2v) is 5.40. The zero-order valence-corrected chi connectivity index (χ0v) is 12.0. The van der Waals surface area contributed by atoms with Gasteiger partial charge in [0, 0.05) is 18.7 Å². The molecule has 3 rings (SSSR count). The minimum atomic E-state index is 0.456. The van der Waals surface area contributed by atoms with Gasteiger partial charge in [-0.25, -0.2) is 0 Å². The molecule has 1 aromatic heterocycles. The zero-order chi connectivity index (χ0) is 14.1. The molecule has 2 N–H and O–H groups in total. The van der Waals surface area contributed by atoms with Crippen LogP contribution in [0, 0.1) is 13.8 Å². The number of nitrogens with two attached hydrogens (primary N) is 1. The first-order valence-electron chi connectivity index (χ1n) is 7.05. The van der Waals surface area contributed by atoms with Gasteiger partial charge < -0.3 is 15.0 Å². The summed E-state index contributed by atoms with van der Waals surface area (Å²) in [5.74, 6) is 2.86. The number of aromatic nitrogens is 3. The van der Waals surface area contributed by atoms with Crippen LogP contribution in [0.25, 0.3) is 0 Å². The van der Waals surface area contributed by atoms with Crippen LogP contribution in [0.15, 0.2) is 12.1 Å². The predicted octanol–water partition coefficient (Wildman–Crippen LogP) is 2.39. The molecule has 0 radical (unpaired) electrons. The molecule has 5 heteroatoms. The first-order chi connectivity index (χ1) is 9.65. The molecule has 0 aliphatic carbocycles. The van der Waals surface area contributed by atoms with Crippen molar-refractivity contribution < 1.29 is 4.74 Å². The number of benzene rings is 1. The van der Waals surface area contributed by atoms with Crippen molar-refractivity contribution in [3.63, 3.8) is 0 Å². The normalized spacial score (nSPS) is 14.1. The Hall–Kier alpha value is -2.04. The van der Waals surface area contributed by atoms with Crippen LogP contribution in [0.5, 0.6) is 5.75 Å². The fourth-order valence-electron chi connectivity index (χ4n) is 2.59. The third kappa shape index (κ3) is 2.35. The second kappa shape index (κ2) is 5.15. The Balaban J connectivity index is 1.77. The van der Waals surface area contributed by atoms with Crippen molar-refractivity contribution in [1.29, 1.82) is 0 Å². The molecule has 0 saturated heterocycles. The smallest absolute Gasteiger partial charge is 0.171 e. The Labute approximate surface area is 118 Å². The highest BCUT2D eigenvalue weighted by molar-refractivity contribution is 5.53. The van der Waals surface area contributed by atoms with Crippen LogP contribution in [-0.4, -0.2) is 14.8 Å². The molecule has 106 valence electrons. The van der Waals surface area contributed by atoms with E-state index >= 15 is 0 Å². The molecular formula is C15H20N4O. The van der Waals surface area contributed by atoms with Crippen LogP contribution in [-0.2, 0) is 19.6 Å². The number of hydrogen-bond donors (Lipinski definition) is 1. The van der Waals surface area contributed by atoms with Crippen LogP contribution in [0.1, 0.15) is 35.6 Å². The molecule has 0 unspecified atom stereocenters. The largest absolute Gasteiger partial charge is 0.485 e. The van der Waals surface area contributed by atoms with Crippen molar-refractivity contribution in [2.24, 2.45) is 0 Å². The van der Waals surface area contributed by atoms with E-state index in [2.05, 4.69) is 14.8 Å². The Bertz CT molecular complexity index is 633. The van der Waals surface area contributed by atoms with Crippen molar-refractivity contribution in [3.05, 3.63) is 34.9 Å². The molecule has 0 atom stereocenters. The van der Waals surface area contributed by atoms with Crippen molar-refractivity contribution >= 4 is 5.69 Å². The summed E-state index contributed by atoms with van der Waals surface area (Å²) in [6.45, 7) is 5.45. The van der Waals surface area contributed by atoms with E-state index in [9.17, 15) is 0 Å². The summed E-state index contributed by atoms with van der Waals surface area (Å²) >= 11 is 0. The number of rotatable bonds is 3. The third-order valence-electron chi connectivity index (χ3n) is 3.86. The molecule has 0 spiro atoms. The van der Waals surface area contributed by atoms with E-state index in [-0.39, 0.29) is 0 Å². The van der Waals surface area contributed by atoms with Gasteiger partial charge in [-0.15, -0.1) is 10.2 Å². The predicted molar refractivity (Wildman–Crippen MR) is 77.6 cm³/mol. The highest BCUT2D eigenvalue weighted by Gasteiger charge is 2.16. The number of anilines is 1. The lowest BCUT2D eigenvalue weighted by atomic mass is 10.1. The van der Waals surface area contributed by atoms with Crippen molar-refractivity contribution in [2.45, 2.75) is 46.3 Å². The minimum absolute atomic E-state index is 0.456. The zero-order valence-electron chi connectivity index (χ0n) is 12.0. The molecular weight excluding hydrogens is 252 g/mol. The number of fused-ring (bicyclic) bond motifs is 1. The first-order valence-corrected chi connectivity index (χ1v) is 7.05. The molecule has 0 saturated carbocycles. The third-order valence-corrected chi connectivity index (χ3v) is 3.86. The van der Waals surface area contributed by atoms with Gasteiger partial charge in [-0.3, -0.25) is 0 Å². The Kier molecular flexibility index (Phi) is 3.34. The van der Waals surface area contributed by atoms with Gasteiger partial charge in [-0.1, -0.05) is 0 Å². The molecule has 2 heterocycles. The average molecular weight is 272 g/mol. The maximum Gasteiger partial charge on any atom is 0.171 e. The van der Waals surface area contributed by atoms with Crippen molar-refractivity contribution in [3.8, 4) is 5.75 Å². The van der Waals surface area contributed by atoms with Gasteiger partial charge in [-0.05, 0) is 49.9 Å². The van der Waals surface area contributed by atoms with Crippen LogP contribution in [0.2, 0.25) is 0 Å². The lowest BCUT2D eigenvalue weighted by Gasteiger charge is -2.16. The highest BCUT2D eigenvalue weighted by atomic mass is 16.5. The molecule has 20 heavy (non-hydrogen) atoms. The van der Waals surface area contributed by atoms with Gasteiger partial charge in [0.05, 0.1) is 0 Å². The van der Waals surface area contributed by atoms with E-state index in [4.69, 9.17) is 10.5 Å². The van der Waals surface area contributed by atoms with E-state index < -0.39 is 0 Å². The Morgan fingerprint density at radius 1 is 1.20 bits per heavy atom. The van der Waals surface area contributed by atoms with Gasteiger partial charge in [0.25, 0.3) is 0 Å². The fraction of sp³-hybridized carbons (Fsp3) is 0.467. The molecule has 0 bridgehead atoms. The molecule has 1 aliphatic rings. The van der Waals surface area contributed by atoms with Crippen LogP contribution in [0.4, 0.5) is 5.69 Å². The van der Waals surface area contributed by atoms with Crippen molar-refractivity contribution in [2.75, 3.05) is 5.73 Å². The lowest BCUT2D eigenvalue weighted by molar-refractivity contribution is 0.284. The van der Waals surface area contributed by atoms with Gasteiger partial charge in [0.15, 0.2) is 5.82 Å². The summed E-state index contributed by atoms with van der Waals surface area (Å²) < 4.78 is 8.09. The van der Waals surface area contributed by atoms with E-state index in [1.54, 1.807) is 0 Å². The lowest BCUT2D eigenvalue weighted by Crippen LogP contribution is -2.14. The first kappa shape index (κ1) is 13.0. The molecule has 0 fully saturated rings. The molecule has 5 nitrogen and oxygen atoms in total. The monoisotopic (exact) mass is 272 g/mol. The molecule has 2 aromatic rings. The number of hydrogen-bond acceptors (Lipinski definition) is 4. The maximum absolute atomic E-state index is 5.90. The maximum atomic E-state index is 5.90. The van der Waals surface area contributed by atoms with Crippen LogP contribution < -0.4 is 10.5 Å². The van der Waals surface area contributed by atoms with E-state index in [0.717, 1.165) is 47.2 Å². The average Bonchev–Trinajstić information content (AvgIpc) is 2.85. The Morgan fingerprint density at radius 2 is 2.05 bits per heavy atom. The van der Waals surface area contributed by atoms with Crippen LogP contribution >= 0.6 is 0 Å². The number of ether oxygens (including phenoxy) is 1. The SMILES string of the molecule is Cc1cc(OCc2nnc3n2CCCC3)c(C)cc1N. The summed E-state index contributed by atoms with van der Waals surface area (Å²) in [5.41, 5.74) is 8.77. The second-order valence-electron chi connectivity index (χ2n) is 5.40. The molecule has 1 aromatic carbocycles. The summed E-state index contributed by atoms with van der Waals surface area (Å²) in [7, 11) is 0. The number of aryl methyl sites for hydroxylation is 3. The van der Waals surface area contributed by atoms with E-state index in [1.165, 1.54) is 12.8 Å². The fourth-order valence-corrected chi connectivity index (χ4v) is 2.59. The summed E-state index contributed by atoms with van der Waals surface area (Å²) in [5, 5.41) is 8.48. The summed E-state index contributed by atoms with van der Waals surface area (Å²) in [6.07, 6.45) is 3.42. The minimum Gasteiger partial charge on any atom is -0.485 e. The molecule has 0 amide bonds. The van der Waals surface area contributed by atoms with Gasteiger partial charge >= 0.3 is 0 Å². The Morgan fingerprint density at radius 3 is 2.90 bits per heavy atom. The van der Waals surface area contributed by atoms with E-state index in [1.807, 2.05) is 26.0 Å².